The average Bonchev–Trinajstić information content (AvgIpc) is 2.59. The Morgan fingerprint density at radius 2 is 2.04 bits per heavy atom. The van der Waals surface area contributed by atoms with Gasteiger partial charge in [-0.3, -0.25) is 9.59 Å². The molecule has 0 atom stereocenters. The van der Waals surface area contributed by atoms with E-state index in [9.17, 15) is 9.59 Å². The Labute approximate surface area is 137 Å². The molecule has 126 valence electrons. The highest BCUT2D eigenvalue weighted by Crippen LogP contribution is 2.22. The molecule has 1 saturated heterocycles. The number of fused-ring (bicyclic) bond motifs is 1. The molecule has 0 unspecified atom stereocenters. The van der Waals surface area contributed by atoms with Crippen LogP contribution in [0.15, 0.2) is 10.9 Å². The molecule has 1 aliphatic heterocycles. The Hall–Kier alpha value is -1.62. The van der Waals surface area contributed by atoms with E-state index in [-0.39, 0.29) is 11.5 Å². The predicted molar refractivity (Wildman–Crippen MR) is 90.9 cm³/mol. The molecule has 1 amide bonds. The minimum absolute atomic E-state index is 0.0910. The molecule has 2 N–H and O–H groups in total. The van der Waals surface area contributed by atoms with Crippen molar-refractivity contribution >= 4 is 5.91 Å². The standard InChI is InChI=1S/C18H27N3O2/c1-19-9-6-13-7-10-21(11-8-13)18(23)15-12-14-4-2-3-5-16(14)20-17(15)22/h12-13,19H,2-11H2,1H3,(H,20,22). The number of piperidine rings is 1. The number of nitrogens with one attached hydrogen (secondary N) is 2. The number of H-pyrrole nitrogens is 1. The number of carbonyl (C=O) groups is 1. The van der Waals surface area contributed by atoms with Crippen LogP contribution in [0.4, 0.5) is 0 Å². The van der Waals surface area contributed by atoms with Crippen molar-refractivity contribution in [3.63, 3.8) is 0 Å². The SMILES string of the molecule is CNCCC1CCN(C(=O)c2cc3c([nH]c2=O)CCCC3)CC1. The number of likely N-dealkylation sites (tertiary alicyclic amines) is 1. The molecule has 1 fully saturated rings. The summed E-state index contributed by atoms with van der Waals surface area (Å²) < 4.78 is 0. The lowest BCUT2D eigenvalue weighted by molar-refractivity contribution is 0.0685. The summed E-state index contributed by atoms with van der Waals surface area (Å²) >= 11 is 0. The Kier molecular flexibility index (Phi) is 5.16. The van der Waals surface area contributed by atoms with Gasteiger partial charge in [0.15, 0.2) is 0 Å². The molecule has 23 heavy (non-hydrogen) atoms. The van der Waals surface area contributed by atoms with Crippen molar-refractivity contribution < 1.29 is 4.79 Å². The normalized spacial score (nSPS) is 18.7. The molecule has 3 rings (SSSR count). The number of aryl methyl sites for hydroxylation is 2. The van der Waals surface area contributed by atoms with Gasteiger partial charge in [0.05, 0.1) is 0 Å². The monoisotopic (exact) mass is 317 g/mol. The fraction of sp³-hybridized carbons (Fsp3) is 0.667. The van der Waals surface area contributed by atoms with Gasteiger partial charge in [0.25, 0.3) is 11.5 Å². The van der Waals surface area contributed by atoms with Crippen LogP contribution in [0.2, 0.25) is 0 Å². The highest BCUT2D eigenvalue weighted by molar-refractivity contribution is 5.94. The van der Waals surface area contributed by atoms with Crippen LogP contribution in [0.3, 0.4) is 0 Å². The van der Waals surface area contributed by atoms with Crippen LogP contribution in [0.25, 0.3) is 0 Å². The minimum Gasteiger partial charge on any atom is -0.338 e. The lowest BCUT2D eigenvalue weighted by Crippen LogP contribution is -2.41. The smallest absolute Gasteiger partial charge is 0.261 e. The number of aromatic amines is 1. The first-order chi connectivity index (χ1) is 11.2. The fourth-order valence-corrected chi connectivity index (χ4v) is 3.78. The van der Waals surface area contributed by atoms with Crippen molar-refractivity contribution in [1.29, 1.82) is 0 Å². The summed E-state index contributed by atoms with van der Waals surface area (Å²) in [6, 6.07) is 1.85. The van der Waals surface area contributed by atoms with Crippen LogP contribution in [0.1, 0.15) is 53.7 Å². The zero-order chi connectivity index (χ0) is 16.2. The fourth-order valence-electron chi connectivity index (χ4n) is 3.78. The van der Waals surface area contributed by atoms with Crippen molar-refractivity contribution in [3.8, 4) is 0 Å². The third-order valence-electron chi connectivity index (χ3n) is 5.27. The molecule has 1 aliphatic carbocycles. The molecule has 5 heteroatoms. The van der Waals surface area contributed by atoms with Gasteiger partial charge < -0.3 is 15.2 Å². The predicted octanol–water partition coefficient (Wildman–Crippen LogP) is 1.72. The van der Waals surface area contributed by atoms with Gasteiger partial charge in [0.2, 0.25) is 0 Å². The highest BCUT2D eigenvalue weighted by atomic mass is 16.2. The molecule has 1 aromatic heterocycles. The van der Waals surface area contributed by atoms with Crippen molar-refractivity contribution in [2.75, 3.05) is 26.7 Å². The first-order valence-electron chi connectivity index (χ1n) is 8.88. The number of aromatic nitrogens is 1. The van der Waals surface area contributed by atoms with Crippen LogP contribution in [-0.4, -0.2) is 42.5 Å². The molecule has 0 spiro atoms. The lowest BCUT2D eigenvalue weighted by atomic mass is 9.92. The second kappa shape index (κ2) is 7.30. The van der Waals surface area contributed by atoms with Crippen molar-refractivity contribution in [2.24, 2.45) is 5.92 Å². The van der Waals surface area contributed by atoms with E-state index in [0.29, 0.717) is 11.5 Å². The van der Waals surface area contributed by atoms with Crippen LogP contribution in [-0.2, 0) is 12.8 Å². The molecule has 0 bridgehead atoms. The number of carbonyl (C=O) groups excluding carboxylic acids is 1. The molecule has 1 aromatic rings. The zero-order valence-electron chi connectivity index (χ0n) is 14.0. The number of hydrogen-bond donors (Lipinski definition) is 2. The quantitative estimate of drug-likeness (QED) is 0.888. The third-order valence-corrected chi connectivity index (χ3v) is 5.27. The summed E-state index contributed by atoms with van der Waals surface area (Å²) in [7, 11) is 1.97. The largest absolute Gasteiger partial charge is 0.338 e. The maximum absolute atomic E-state index is 12.7. The molecule has 0 radical (unpaired) electrons. The average molecular weight is 317 g/mol. The van der Waals surface area contributed by atoms with E-state index in [2.05, 4.69) is 10.3 Å². The van der Waals surface area contributed by atoms with Crippen molar-refractivity contribution in [3.05, 3.63) is 33.2 Å². The molecule has 0 aromatic carbocycles. The van der Waals surface area contributed by atoms with E-state index in [1.54, 1.807) is 0 Å². The summed E-state index contributed by atoms with van der Waals surface area (Å²) in [5, 5.41) is 3.19. The second-order valence-corrected chi connectivity index (χ2v) is 6.85. The van der Waals surface area contributed by atoms with Crippen LogP contribution in [0, 0.1) is 5.92 Å². The maximum Gasteiger partial charge on any atom is 0.261 e. The second-order valence-electron chi connectivity index (χ2n) is 6.85. The first-order valence-corrected chi connectivity index (χ1v) is 8.88. The van der Waals surface area contributed by atoms with E-state index in [1.165, 1.54) is 0 Å². The van der Waals surface area contributed by atoms with Gasteiger partial charge in [-0.25, -0.2) is 0 Å². The lowest BCUT2D eigenvalue weighted by Gasteiger charge is -2.32. The summed E-state index contributed by atoms with van der Waals surface area (Å²) in [4.78, 5) is 29.8. The number of pyridine rings is 1. The zero-order valence-corrected chi connectivity index (χ0v) is 14.0. The van der Waals surface area contributed by atoms with Crippen LogP contribution < -0.4 is 10.9 Å². The van der Waals surface area contributed by atoms with E-state index in [0.717, 1.165) is 75.8 Å². The van der Waals surface area contributed by atoms with Crippen LogP contribution in [0.5, 0.6) is 0 Å². The van der Waals surface area contributed by atoms with Crippen molar-refractivity contribution in [2.45, 2.75) is 44.9 Å². The summed E-state index contributed by atoms with van der Waals surface area (Å²) in [6.07, 6.45) is 7.40. The van der Waals surface area contributed by atoms with E-state index in [1.807, 2.05) is 18.0 Å². The Bertz CT molecular complexity index is 615. The highest BCUT2D eigenvalue weighted by Gasteiger charge is 2.26. The number of nitrogens with zero attached hydrogens (tertiary/aromatic N) is 1. The Balaban J connectivity index is 1.68. The van der Waals surface area contributed by atoms with Gasteiger partial charge in [-0.2, -0.15) is 0 Å². The number of hydrogen-bond acceptors (Lipinski definition) is 3. The van der Waals surface area contributed by atoms with Gasteiger partial charge >= 0.3 is 0 Å². The first kappa shape index (κ1) is 16.2. The van der Waals surface area contributed by atoms with Gasteiger partial charge in [0, 0.05) is 18.8 Å². The van der Waals surface area contributed by atoms with Gasteiger partial charge in [0.1, 0.15) is 5.56 Å². The minimum atomic E-state index is -0.215. The van der Waals surface area contributed by atoms with Gasteiger partial charge in [-0.1, -0.05) is 0 Å². The Morgan fingerprint density at radius 1 is 1.30 bits per heavy atom. The molecule has 2 heterocycles. The maximum atomic E-state index is 12.7. The third kappa shape index (κ3) is 3.66. The summed E-state index contributed by atoms with van der Waals surface area (Å²) in [5.41, 5.74) is 2.30. The molecular weight excluding hydrogens is 290 g/mol. The molecule has 5 nitrogen and oxygen atoms in total. The van der Waals surface area contributed by atoms with Gasteiger partial charge in [-0.15, -0.1) is 0 Å². The van der Waals surface area contributed by atoms with Crippen LogP contribution >= 0.6 is 0 Å². The molecular formula is C18H27N3O2. The topological polar surface area (TPSA) is 65.2 Å². The summed E-state index contributed by atoms with van der Waals surface area (Å²) in [5.74, 6) is 0.597. The number of rotatable bonds is 4. The molecule has 0 saturated carbocycles. The van der Waals surface area contributed by atoms with Crippen molar-refractivity contribution in [1.82, 2.24) is 15.2 Å². The molecule has 2 aliphatic rings. The Morgan fingerprint density at radius 3 is 2.78 bits per heavy atom. The van der Waals surface area contributed by atoms with E-state index in [4.69, 9.17) is 0 Å². The number of amides is 1. The van der Waals surface area contributed by atoms with E-state index >= 15 is 0 Å². The van der Waals surface area contributed by atoms with E-state index < -0.39 is 0 Å². The van der Waals surface area contributed by atoms with Gasteiger partial charge in [-0.05, 0) is 76.1 Å². The summed E-state index contributed by atoms with van der Waals surface area (Å²) in [6.45, 7) is 2.57.